The Morgan fingerprint density at radius 2 is 1.52 bits per heavy atom. The highest BCUT2D eigenvalue weighted by Crippen LogP contribution is 2.36. The van der Waals surface area contributed by atoms with E-state index in [2.05, 4.69) is 13.0 Å². The molecule has 106 valence electrons. The molecule has 1 nitrogen and oxygen atoms in total. The normalized spacial score (nSPS) is 12.6. The molecule has 0 fully saturated rings. The lowest BCUT2D eigenvalue weighted by Gasteiger charge is -2.17. The second-order valence-electron chi connectivity index (χ2n) is 5.06. The smallest absolute Gasteiger partial charge is 0.106 e. The molecule has 0 spiro atoms. The fraction of sp³-hybridized carbons (Fsp3) is 0.111. The summed E-state index contributed by atoms with van der Waals surface area (Å²) in [5.41, 5.74) is 2.64. The van der Waals surface area contributed by atoms with E-state index in [0.717, 1.165) is 16.3 Å². The van der Waals surface area contributed by atoms with Crippen LogP contribution in [0.3, 0.4) is 0 Å². The monoisotopic (exact) mass is 316 g/mol. The number of fused-ring (bicyclic) bond motifs is 1. The minimum atomic E-state index is -0.804. The van der Waals surface area contributed by atoms with Crippen molar-refractivity contribution in [1.82, 2.24) is 0 Å². The van der Waals surface area contributed by atoms with Crippen LogP contribution in [0.4, 0.5) is 0 Å². The van der Waals surface area contributed by atoms with Crippen molar-refractivity contribution in [2.24, 2.45) is 0 Å². The fourth-order valence-corrected chi connectivity index (χ4v) is 3.02. The molecule has 0 aliphatic carbocycles. The third-order valence-electron chi connectivity index (χ3n) is 3.75. The van der Waals surface area contributed by atoms with E-state index in [4.69, 9.17) is 23.2 Å². The minimum Gasteiger partial charge on any atom is -0.384 e. The predicted molar refractivity (Wildman–Crippen MR) is 89.2 cm³/mol. The molecule has 0 amide bonds. The van der Waals surface area contributed by atoms with Crippen molar-refractivity contribution >= 4 is 34.0 Å². The van der Waals surface area contributed by atoms with Crippen LogP contribution in [0.25, 0.3) is 10.8 Å². The minimum absolute atomic E-state index is 0.399. The summed E-state index contributed by atoms with van der Waals surface area (Å²) in [4.78, 5) is 0. The van der Waals surface area contributed by atoms with Gasteiger partial charge in [0.25, 0.3) is 0 Å². The summed E-state index contributed by atoms with van der Waals surface area (Å²) in [7, 11) is 0. The van der Waals surface area contributed by atoms with Gasteiger partial charge in [-0.1, -0.05) is 71.7 Å². The Morgan fingerprint density at radius 1 is 0.810 bits per heavy atom. The summed E-state index contributed by atoms with van der Waals surface area (Å²) in [6, 6.07) is 17.3. The van der Waals surface area contributed by atoms with E-state index in [1.165, 1.54) is 5.56 Å². The molecule has 1 unspecified atom stereocenters. The Hall–Kier alpha value is -1.54. The molecule has 0 radical (unpaired) electrons. The molecule has 3 aromatic carbocycles. The molecule has 0 aliphatic heterocycles. The van der Waals surface area contributed by atoms with Crippen molar-refractivity contribution in [3.63, 3.8) is 0 Å². The molecule has 3 rings (SSSR count). The Bertz CT molecular complexity index is 811. The van der Waals surface area contributed by atoms with Crippen LogP contribution in [-0.2, 0) is 0 Å². The molecule has 3 heteroatoms. The molecule has 1 atom stereocenters. The van der Waals surface area contributed by atoms with Crippen LogP contribution in [-0.4, -0.2) is 5.11 Å². The van der Waals surface area contributed by atoms with E-state index < -0.39 is 6.10 Å². The maximum atomic E-state index is 10.7. The second kappa shape index (κ2) is 5.69. The van der Waals surface area contributed by atoms with Crippen LogP contribution < -0.4 is 0 Å². The van der Waals surface area contributed by atoms with Gasteiger partial charge in [0, 0.05) is 5.56 Å². The third kappa shape index (κ3) is 2.53. The molecule has 0 saturated carbocycles. The number of halogens is 2. The number of aliphatic hydroxyl groups is 1. The maximum Gasteiger partial charge on any atom is 0.106 e. The molecule has 0 aromatic heterocycles. The van der Waals surface area contributed by atoms with Gasteiger partial charge < -0.3 is 5.11 Å². The first-order valence-electron chi connectivity index (χ1n) is 6.70. The molecule has 0 saturated heterocycles. The zero-order valence-corrected chi connectivity index (χ0v) is 13.0. The van der Waals surface area contributed by atoms with Gasteiger partial charge in [-0.2, -0.15) is 0 Å². The van der Waals surface area contributed by atoms with E-state index in [1.54, 1.807) is 18.2 Å². The number of aryl methyl sites for hydroxylation is 1. The summed E-state index contributed by atoms with van der Waals surface area (Å²) in [6.07, 6.45) is -0.804. The van der Waals surface area contributed by atoms with Crippen molar-refractivity contribution < 1.29 is 5.11 Å². The molecule has 21 heavy (non-hydrogen) atoms. The van der Waals surface area contributed by atoms with Crippen LogP contribution in [0, 0.1) is 6.92 Å². The van der Waals surface area contributed by atoms with Crippen LogP contribution >= 0.6 is 23.2 Å². The zero-order chi connectivity index (χ0) is 15.0. The highest BCUT2D eigenvalue weighted by molar-refractivity contribution is 6.42. The summed E-state index contributed by atoms with van der Waals surface area (Å²) in [5, 5.41) is 13.8. The van der Waals surface area contributed by atoms with Crippen LogP contribution in [0.15, 0.2) is 54.6 Å². The van der Waals surface area contributed by atoms with Crippen molar-refractivity contribution in [1.29, 1.82) is 0 Å². The number of hydrogen-bond donors (Lipinski definition) is 1. The second-order valence-corrected chi connectivity index (χ2v) is 5.85. The number of benzene rings is 3. The topological polar surface area (TPSA) is 20.2 Å². The van der Waals surface area contributed by atoms with Crippen molar-refractivity contribution in [3.05, 3.63) is 81.3 Å². The fourth-order valence-electron chi connectivity index (χ4n) is 2.61. The van der Waals surface area contributed by atoms with Gasteiger partial charge >= 0.3 is 0 Å². The SMILES string of the molecule is Cc1ccc(C(O)c2cccc(Cl)c2Cl)c2ccccc12. The molecule has 0 bridgehead atoms. The molecule has 0 heterocycles. The Balaban J connectivity index is 2.21. The lowest BCUT2D eigenvalue weighted by molar-refractivity contribution is 0.222. The van der Waals surface area contributed by atoms with Crippen LogP contribution in [0.2, 0.25) is 10.0 Å². The van der Waals surface area contributed by atoms with Crippen molar-refractivity contribution in [2.75, 3.05) is 0 Å². The molecule has 1 N–H and O–H groups in total. The predicted octanol–water partition coefficient (Wildman–Crippen LogP) is 5.54. The lowest BCUT2D eigenvalue weighted by atomic mass is 9.94. The Labute approximate surface area is 133 Å². The molecule has 0 aliphatic rings. The third-order valence-corrected chi connectivity index (χ3v) is 4.58. The van der Waals surface area contributed by atoms with E-state index in [0.29, 0.717) is 15.6 Å². The largest absolute Gasteiger partial charge is 0.384 e. The average Bonchev–Trinajstić information content (AvgIpc) is 2.50. The highest BCUT2D eigenvalue weighted by atomic mass is 35.5. The van der Waals surface area contributed by atoms with Gasteiger partial charge in [0.15, 0.2) is 0 Å². The summed E-state index contributed by atoms with van der Waals surface area (Å²) in [5.74, 6) is 0. The maximum absolute atomic E-state index is 10.7. The van der Waals surface area contributed by atoms with Gasteiger partial charge in [-0.3, -0.25) is 0 Å². The van der Waals surface area contributed by atoms with Gasteiger partial charge in [0.1, 0.15) is 6.10 Å². The van der Waals surface area contributed by atoms with Gasteiger partial charge in [-0.15, -0.1) is 0 Å². The van der Waals surface area contributed by atoms with Gasteiger partial charge in [-0.25, -0.2) is 0 Å². The zero-order valence-electron chi connectivity index (χ0n) is 11.5. The molecule has 3 aromatic rings. The quantitative estimate of drug-likeness (QED) is 0.658. The van der Waals surface area contributed by atoms with Gasteiger partial charge in [0.2, 0.25) is 0 Å². The standard InChI is InChI=1S/C18H14Cl2O/c1-11-9-10-14(13-6-3-2-5-12(11)13)18(21)15-7-4-8-16(19)17(15)20/h2-10,18,21H,1H3. The molecular formula is C18H14Cl2O. The Kier molecular flexibility index (Phi) is 3.90. The van der Waals surface area contributed by atoms with E-state index in [-0.39, 0.29) is 0 Å². The first kappa shape index (κ1) is 14.4. The number of rotatable bonds is 2. The highest BCUT2D eigenvalue weighted by Gasteiger charge is 2.18. The number of aliphatic hydroxyl groups excluding tert-OH is 1. The van der Waals surface area contributed by atoms with Gasteiger partial charge in [-0.05, 0) is 34.9 Å². The summed E-state index contributed by atoms with van der Waals surface area (Å²) >= 11 is 12.3. The van der Waals surface area contributed by atoms with E-state index in [1.807, 2.05) is 30.3 Å². The molecular weight excluding hydrogens is 303 g/mol. The lowest BCUT2D eigenvalue weighted by Crippen LogP contribution is -2.02. The summed E-state index contributed by atoms with van der Waals surface area (Å²) in [6.45, 7) is 2.06. The van der Waals surface area contributed by atoms with Crippen LogP contribution in [0.5, 0.6) is 0 Å². The van der Waals surface area contributed by atoms with E-state index in [9.17, 15) is 5.11 Å². The summed E-state index contributed by atoms with van der Waals surface area (Å²) < 4.78 is 0. The van der Waals surface area contributed by atoms with Gasteiger partial charge in [0.05, 0.1) is 10.0 Å². The first-order chi connectivity index (χ1) is 10.1. The Morgan fingerprint density at radius 3 is 2.29 bits per heavy atom. The average molecular weight is 317 g/mol. The van der Waals surface area contributed by atoms with Crippen molar-refractivity contribution in [2.45, 2.75) is 13.0 Å². The number of hydrogen-bond acceptors (Lipinski definition) is 1. The van der Waals surface area contributed by atoms with Crippen LogP contribution in [0.1, 0.15) is 22.8 Å². The van der Waals surface area contributed by atoms with Crippen molar-refractivity contribution in [3.8, 4) is 0 Å². The van der Waals surface area contributed by atoms with E-state index >= 15 is 0 Å². The first-order valence-corrected chi connectivity index (χ1v) is 7.45.